The summed E-state index contributed by atoms with van der Waals surface area (Å²) >= 11 is 10.1. The van der Waals surface area contributed by atoms with Crippen molar-refractivity contribution in [1.29, 1.82) is 0 Å². The van der Waals surface area contributed by atoms with Crippen LogP contribution in [0.1, 0.15) is 5.56 Å². The summed E-state index contributed by atoms with van der Waals surface area (Å²) in [5, 5.41) is 0.772. The van der Waals surface area contributed by atoms with Crippen molar-refractivity contribution in [3.8, 4) is 11.5 Å². The highest BCUT2D eigenvalue weighted by Crippen LogP contribution is 2.32. The molecule has 1 nitrogen and oxygen atoms in total. The van der Waals surface area contributed by atoms with Gasteiger partial charge in [-0.25, -0.2) is 4.39 Å². The standard InChI is InChI=1S/C13H8Br3FO/c14-7-8-1-3-10(6-11(8)15)18-13-4-2-9(17)5-12(13)16/h1-6H,7H2. The molecule has 0 heterocycles. The van der Waals surface area contributed by atoms with Gasteiger partial charge in [-0.2, -0.15) is 0 Å². The highest BCUT2D eigenvalue weighted by Gasteiger charge is 2.06. The SMILES string of the molecule is Fc1ccc(Oc2ccc(CBr)c(Br)c2)c(Br)c1. The molecule has 18 heavy (non-hydrogen) atoms. The van der Waals surface area contributed by atoms with E-state index in [1.54, 1.807) is 6.07 Å². The van der Waals surface area contributed by atoms with Crippen molar-refractivity contribution in [2.75, 3.05) is 0 Å². The topological polar surface area (TPSA) is 9.23 Å². The van der Waals surface area contributed by atoms with E-state index in [4.69, 9.17) is 4.74 Å². The number of alkyl halides is 1. The molecule has 0 unspecified atom stereocenters. The van der Waals surface area contributed by atoms with Gasteiger partial charge in [0.1, 0.15) is 17.3 Å². The minimum Gasteiger partial charge on any atom is -0.456 e. The molecular formula is C13H8Br3FO. The Morgan fingerprint density at radius 3 is 2.39 bits per heavy atom. The first kappa shape index (κ1) is 14.0. The van der Waals surface area contributed by atoms with Gasteiger partial charge in [-0.05, 0) is 51.8 Å². The molecule has 2 aromatic rings. The third-order valence-corrected chi connectivity index (χ3v) is 4.25. The Bertz CT molecular complexity index is 572. The first-order valence-electron chi connectivity index (χ1n) is 5.07. The molecule has 0 N–H and O–H groups in total. The fourth-order valence-electron chi connectivity index (χ4n) is 1.38. The van der Waals surface area contributed by atoms with E-state index in [0.717, 1.165) is 15.4 Å². The molecule has 94 valence electrons. The summed E-state index contributed by atoms with van der Waals surface area (Å²) in [5.74, 6) is 0.971. The van der Waals surface area contributed by atoms with E-state index in [0.29, 0.717) is 16.0 Å². The number of ether oxygens (including phenoxy) is 1. The molecule has 0 radical (unpaired) electrons. The van der Waals surface area contributed by atoms with Gasteiger partial charge in [-0.1, -0.05) is 37.9 Å². The molecule has 0 fully saturated rings. The second-order valence-corrected chi connectivity index (χ2v) is 5.83. The first-order valence-corrected chi connectivity index (χ1v) is 7.78. The Labute approximate surface area is 130 Å². The normalized spacial score (nSPS) is 10.4. The van der Waals surface area contributed by atoms with E-state index >= 15 is 0 Å². The zero-order valence-corrected chi connectivity index (χ0v) is 13.8. The maximum Gasteiger partial charge on any atom is 0.141 e. The lowest BCUT2D eigenvalue weighted by Crippen LogP contribution is -1.88. The predicted octanol–water partition coefficient (Wildman–Crippen LogP) is 6.04. The smallest absolute Gasteiger partial charge is 0.141 e. The largest absolute Gasteiger partial charge is 0.456 e. The van der Waals surface area contributed by atoms with E-state index in [-0.39, 0.29) is 5.82 Å². The van der Waals surface area contributed by atoms with Crippen molar-refractivity contribution in [2.45, 2.75) is 5.33 Å². The fourth-order valence-corrected chi connectivity index (χ4v) is 3.18. The monoisotopic (exact) mass is 436 g/mol. The van der Waals surface area contributed by atoms with Gasteiger partial charge in [0.25, 0.3) is 0 Å². The van der Waals surface area contributed by atoms with Crippen LogP contribution < -0.4 is 4.74 Å². The lowest BCUT2D eigenvalue weighted by atomic mass is 10.2. The summed E-state index contributed by atoms with van der Waals surface area (Å²) in [6, 6.07) is 10.0. The maximum absolute atomic E-state index is 13.0. The summed E-state index contributed by atoms with van der Waals surface area (Å²) in [4.78, 5) is 0. The van der Waals surface area contributed by atoms with Crippen molar-refractivity contribution in [3.05, 3.63) is 56.7 Å². The van der Waals surface area contributed by atoms with Gasteiger partial charge in [0, 0.05) is 9.80 Å². The van der Waals surface area contributed by atoms with Crippen molar-refractivity contribution in [2.24, 2.45) is 0 Å². The molecular weight excluding hydrogens is 431 g/mol. The number of hydrogen-bond donors (Lipinski definition) is 0. The molecule has 2 rings (SSSR count). The molecule has 0 aliphatic carbocycles. The number of rotatable bonds is 3. The van der Waals surface area contributed by atoms with E-state index in [1.807, 2.05) is 18.2 Å². The van der Waals surface area contributed by atoms with Crippen molar-refractivity contribution in [1.82, 2.24) is 0 Å². The minimum absolute atomic E-state index is 0.301. The minimum atomic E-state index is -0.301. The van der Waals surface area contributed by atoms with Crippen LogP contribution in [-0.4, -0.2) is 0 Å². The maximum atomic E-state index is 13.0. The zero-order valence-electron chi connectivity index (χ0n) is 9.09. The molecule has 0 bridgehead atoms. The number of halogens is 4. The highest BCUT2D eigenvalue weighted by molar-refractivity contribution is 9.11. The summed E-state index contributed by atoms with van der Waals surface area (Å²) in [5.41, 5.74) is 1.14. The lowest BCUT2D eigenvalue weighted by molar-refractivity contribution is 0.477. The average Bonchev–Trinajstić information content (AvgIpc) is 2.33. The molecule has 0 aliphatic rings. The van der Waals surface area contributed by atoms with Crippen LogP contribution in [0.3, 0.4) is 0 Å². The Morgan fingerprint density at radius 2 is 1.78 bits per heavy atom. The quantitative estimate of drug-likeness (QED) is 0.531. The Balaban J connectivity index is 2.26. The third-order valence-electron chi connectivity index (χ3n) is 2.29. The summed E-state index contributed by atoms with van der Waals surface area (Å²) < 4.78 is 20.2. The molecule has 0 saturated carbocycles. The number of hydrogen-bond acceptors (Lipinski definition) is 1. The van der Waals surface area contributed by atoms with Crippen LogP contribution in [0.15, 0.2) is 45.3 Å². The summed E-state index contributed by atoms with van der Waals surface area (Å²) in [7, 11) is 0. The second kappa shape index (κ2) is 6.17. The van der Waals surface area contributed by atoms with Crippen LogP contribution in [0.5, 0.6) is 11.5 Å². The van der Waals surface area contributed by atoms with Crippen LogP contribution in [-0.2, 0) is 5.33 Å². The molecule has 2 aromatic carbocycles. The summed E-state index contributed by atoms with van der Waals surface area (Å²) in [6.07, 6.45) is 0. The Morgan fingerprint density at radius 1 is 1.00 bits per heavy atom. The van der Waals surface area contributed by atoms with Crippen LogP contribution in [0.25, 0.3) is 0 Å². The second-order valence-electron chi connectivity index (χ2n) is 3.56. The molecule has 0 amide bonds. The molecule has 0 atom stereocenters. The molecule has 0 aliphatic heterocycles. The Hall–Kier alpha value is -0.390. The van der Waals surface area contributed by atoms with Gasteiger partial charge in [0.05, 0.1) is 4.47 Å². The van der Waals surface area contributed by atoms with Gasteiger partial charge in [0.15, 0.2) is 0 Å². The van der Waals surface area contributed by atoms with Crippen LogP contribution >= 0.6 is 47.8 Å². The fraction of sp³-hybridized carbons (Fsp3) is 0.0769. The van der Waals surface area contributed by atoms with Crippen molar-refractivity contribution >= 4 is 47.8 Å². The van der Waals surface area contributed by atoms with Gasteiger partial charge < -0.3 is 4.74 Å². The Kier molecular flexibility index (Phi) is 4.81. The van der Waals surface area contributed by atoms with Crippen molar-refractivity contribution in [3.63, 3.8) is 0 Å². The van der Waals surface area contributed by atoms with Gasteiger partial charge in [-0.15, -0.1) is 0 Å². The van der Waals surface area contributed by atoms with E-state index in [2.05, 4.69) is 47.8 Å². The van der Waals surface area contributed by atoms with Gasteiger partial charge in [-0.3, -0.25) is 0 Å². The molecule has 0 spiro atoms. The van der Waals surface area contributed by atoms with Gasteiger partial charge >= 0.3 is 0 Å². The number of benzene rings is 2. The van der Waals surface area contributed by atoms with E-state index < -0.39 is 0 Å². The molecule has 0 aromatic heterocycles. The zero-order chi connectivity index (χ0) is 13.1. The van der Waals surface area contributed by atoms with Crippen molar-refractivity contribution < 1.29 is 9.13 Å². The van der Waals surface area contributed by atoms with Crippen LogP contribution in [0.4, 0.5) is 4.39 Å². The first-order chi connectivity index (χ1) is 8.60. The highest BCUT2D eigenvalue weighted by atomic mass is 79.9. The van der Waals surface area contributed by atoms with Gasteiger partial charge in [0.2, 0.25) is 0 Å². The summed E-state index contributed by atoms with van der Waals surface area (Å²) in [6.45, 7) is 0. The van der Waals surface area contributed by atoms with Crippen LogP contribution in [0, 0.1) is 5.82 Å². The molecule has 5 heteroatoms. The van der Waals surface area contributed by atoms with E-state index in [9.17, 15) is 4.39 Å². The third kappa shape index (κ3) is 3.33. The van der Waals surface area contributed by atoms with Crippen LogP contribution in [0.2, 0.25) is 0 Å². The van der Waals surface area contributed by atoms with E-state index in [1.165, 1.54) is 12.1 Å². The lowest BCUT2D eigenvalue weighted by Gasteiger charge is -2.09. The average molecular weight is 439 g/mol. The molecule has 0 saturated heterocycles. The predicted molar refractivity (Wildman–Crippen MR) is 80.9 cm³/mol.